The summed E-state index contributed by atoms with van der Waals surface area (Å²) in [5.74, 6) is -2.44. The molecule has 12 heteroatoms. The Kier molecular flexibility index (Phi) is 7.01. The van der Waals surface area contributed by atoms with Crippen molar-refractivity contribution in [2.45, 2.75) is 55.8 Å². The number of nitrogens with one attached hydrogen (secondary N) is 2. The van der Waals surface area contributed by atoms with Crippen LogP contribution in [0.4, 0.5) is 23.5 Å². The van der Waals surface area contributed by atoms with E-state index in [9.17, 15) is 32.3 Å². The Morgan fingerprint density at radius 1 is 1.10 bits per heavy atom. The lowest BCUT2D eigenvalue weighted by atomic mass is 9.79. The van der Waals surface area contributed by atoms with E-state index in [1.54, 1.807) is 12.1 Å². The molecule has 0 bridgehead atoms. The number of carboxylic acids is 1. The quantitative estimate of drug-likeness (QED) is 0.351. The summed E-state index contributed by atoms with van der Waals surface area (Å²) in [6.45, 7) is 1.24. The molecule has 2 aliphatic heterocycles. The van der Waals surface area contributed by atoms with E-state index >= 15 is 0 Å². The number of hydrogen-bond acceptors (Lipinski definition) is 5. The summed E-state index contributed by atoms with van der Waals surface area (Å²) in [4.78, 5) is 34.8. The third-order valence-corrected chi connectivity index (χ3v) is 8.82. The largest absolute Gasteiger partial charge is 0.481 e. The molecule has 4 atom stereocenters. The Hall–Kier alpha value is -3.51. The third-order valence-electron chi connectivity index (χ3n) is 8.82. The number of nitrogens with zero attached hydrogens (tertiary/aromatic N) is 2. The number of hydrogen-bond donors (Lipinski definition) is 3. The number of aromatic amines is 1. The topological polar surface area (TPSA) is 108 Å². The van der Waals surface area contributed by atoms with Gasteiger partial charge < -0.3 is 14.8 Å². The number of amides is 1. The Labute approximate surface area is 233 Å². The summed E-state index contributed by atoms with van der Waals surface area (Å²) in [5, 5.41) is 12.7. The van der Waals surface area contributed by atoms with Crippen molar-refractivity contribution < 1.29 is 37.0 Å². The summed E-state index contributed by atoms with van der Waals surface area (Å²) >= 11 is 0. The molecule has 3 aromatic rings. The number of carbonyl (C=O) groups excluding carboxylic acids is 1. The van der Waals surface area contributed by atoms with Crippen LogP contribution < -0.4 is 5.32 Å². The van der Waals surface area contributed by atoms with Gasteiger partial charge in [0.25, 0.3) is 5.91 Å². The number of H-pyrrole nitrogens is 1. The number of benzene rings is 2. The van der Waals surface area contributed by atoms with Gasteiger partial charge in [0, 0.05) is 12.6 Å². The van der Waals surface area contributed by atoms with Gasteiger partial charge in [-0.3, -0.25) is 19.8 Å². The first-order chi connectivity index (χ1) is 19.5. The first kappa shape index (κ1) is 27.6. The number of carbonyl (C=O) groups is 2. The SMILES string of the molecule is O=C(O)[C@@H]1CN([C@@H]2CC[C@@](C(=O)Nc3nc4ccc(C(F)(F)F)cc4[nH]3)(C3CC3)OC2)CC[C@H]1c1ccc(F)cc1. The normalized spacial score (nSPS) is 27.6. The number of halogens is 4. The van der Waals surface area contributed by atoms with Gasteiger partial charge in [-0.05, 0) is 86.4 Å². The molecule has 3 heterocycles. The number of ether oxygens (including phenoxy) is 1. The number of aromatic nitrogens is 2. The minimum absolute atomic E-state index is 0.0284. The van der Waals surface area contributed by atoms with Gasteiger partial charge in [-0.25, -0.2) is 9.37 Å². The van der Waals surface area contributed by atoms with Gasteiger partial charge in [0.1, 0.15) is 11.4 Å². The van der Waals surface area contributed by atoms with Gasteiger partial charge in [0.05, 0.1) is 29.1 Å². The van der Waals surface area contributed by atoms with E-state index in [4.69, 9.17) is 4.74 Å². The van der Waals surface area contributed by atoms with E-state index < -0.39 is 29.2 Å². The Morgan fingerprint density at radius 2 is 1.85 bits per heavy atom. The molecule has 0 unspecified atom stereocenters. The highest BCUT2D eigenvalue weighted by Crippen LogP contribution is 2.48. The lowest BCUT2D eigenvalue weighted by Crippen LogP contribution is -2.57. The van der Waals surface area contributed by atoms with Crippen molar-refractivity contribution in [3.05, 3.63) is 59.4 Å². The van der Waals surface area contributed by atoms with Crippen LogP contribution in [0.1, 0.15) is 49.1 Å². The average molecular weight is 575 g/mol. The molecule has 1 saturated carbocycles. The Balaban J connectivity index is 1.12. The summed E-state index contributed by atoms with van der Waals surface area (Å²) in [6, 6.07) is 9.10. The van der Waals surface area contributed by atoms with Crippen molar-refractivity contribution in [3.8, 4) is 0 Å². The van der Waals surface area contributed by atoms with Crippen LogP contribution in [0.15, 0.2) is 42.5 Å². The fourth-order valence-corrected chi connectivity index (χ4v) is 6.43. The van der Waals surface area contributed by atoms with E-state index in [2.05, 4.69) is 20.2 Å². The fourth-order valence-electron chi connectivity index (χ4n) is 6.43. The molecule has 0 radical (unpaired) electrons. The van der Waals surface area contributed by atoms with Crippen molar-refractivity contribution in [2.24, 2.45) is 11.8 Å². The second-order valence-electron chi connectivity index (χ2n) is 11.3. The summed E-state index contributed by atoms with van der Waals surface area (Å²) < 4.78 is 59.0. The van der Waals surface area contributed by atoms with Gasteiger partial charge in [-0.15, -0.1) is 0 Å². The van der Waals surface area contributed by atoms with Crippen molar-refractivity contribution in [1.29, 1.82) is 0 Å². The predicted molar refractivity (Wildman–Crippen MR) is 141 cm³/mol. The van der Waals surface area contributed by atoms with Crippen LogP contribution in [0, 0.1) is 17.7 Å². The van der Waals surface area contributed by atoms with Gasteiger partial charge in [-0.1, -0.05) is 12.1 Å². The lowest BCUT2D eigenvalue weighted by molar-refractivity contribution is -0.161. The number of piperidine rings is 1. The zero-order chi connectivity index (χ0) is 28.9. The average Bonchev–Trinajstić information content (AvgIpc) is 3.73. The number of aliphatic carboxylic acids is 1. The minimum Gasteiger partial charge on any atom is -0.481 e. The molecule has 2 aromatic carbocycles. The molecule has 1 amide bonds. The van der Waals surface area contributed by atoms with Gasteiger partial charge in [-0.2, -0.15) is 13.2 Å². The molecular weight excluding hydrogens is 544 g/mol. The van der Waals surface area contributed by atoms with Gasteiger partial charge >= 0.3 is 12.1 Å². The monoisotopic (exact) mass is 574 g/mol. The minimum atomic E-state index is -4.49. The molecule has 3 aliphatic rings. The number of likely N-dealkylation sites (tertiary alicyclic amines) is 1. The first-order valence-corrected chi connectivity index (χ1v) is 13.8. The molecule has 8 nitrogen and oxygen atoms in total. The van der Waals surface area contributed by atoms with Crippen molar-refractivity contribution >= 4 is 28.9 Å². The van der Waals surface area contributed by atoms with Crippen LogP contribution in [0.3, 0.4) is 0 Å². The molecule has 1 aromatic heterocycles. The zero-order valence-corrected chi connectivity index (χ0v) is 22.1. The van der Waals surface area contributed by atoms with Crippen LogP contribution in [0.5, 0.6) is 0 Å². The zero-order valence-electron chi connectivity index (χ0n) is 22.1. The molecule has 3 fully saturated rings. The molecule has 6 rings (SSSR count). The summed E-state index contributed by atoms with van der Waals surface area (Å²) in [7, 11) is 0. The third kappa shape index (κ3) is 5.42. The highest BCUT2D eigenvalue weighted by atomic mass is 19.4. The summed E-state index contributed by atoms with van der Waals surface area (Å²) in [6.07, 6.45) is -1.16. The van der Waals surface area contributed by atoms with E-state index in [0.29, 0.717) is 37.9 Å². The highest BCUT2D eigenvalue weighted by Gasteiger charge is 2.54. The number of alkyl halides is 3. The molecule has 1 aliphatic carbocycles. The van der Waals surface area contributed by atoms with Crippen molar-refractivity contribution in [1.82, 2.24) is 14.9 Å². The van der Waals surface area contributed by atoms with E-state index in [1.165, 1.54) is 18.2 Å². The fraction of sp³-hybridized carbons (Fsp3) is 0.483. The Bertz CT molecular complexity index is 1450. The molecule has 3 N–H and O–H groups in total. The van der Waals surface area contributed by atoms with Crippen LogP contribution in [0.25, 0.3) is 11.0 Å². The Morgan fingerprint density at radius 3 is 2.49 bits per heavy atom. The van der Waals surface area contributed by atoms with Crippen molar-refractivity contribution in [2.75, 3.05) is 25.0 Å². The first-order valence-electron chi connectivity index (χ1n) is 13.8. The van der Waals surface area contributed by atoms with E-state index in [0.717, 1.165) is 30.5 Å². The van der Waals surface area contributed by atoms with E-state index in [1.807, 2.05) is 0 Å². The van der Waals surface area contributed by atoms with Crippen LogP contribution >= 0.6 is 0 Å². The second-order valence-corrected chi connectivity index (χ2v) is 11.3. The molecule has 2 saturated heterocycles. The number of rotatable bonds is 6. The van der Waals surface area contributed by atoms with Crippen LogP contribution in [0.2, 0.25) is 0 Å². The number of anilines is 1. The van der Waals surface area contributed by atoms with E-state index in [-0.39, 0.29) is 47.7 Å². The maximum Gasteiger partial charge on any atom is 0.416 e. The predicted octanol–water partition coefficient (Wildman–Crippen LogP) is 5.18. The van der Waals surface area contributed by atoms with Crippen LogP contribution in [-0.2, 0) is 20.5 Å². The lowest BCUT2D eigenvalue weighted by Gasteiger charge is -2.46. The molecular formula is C29H30F4N4O4. The maximum absolute atomic E-state index is 13.5. The molecule has 41 heavy (non-hydrogen) atoms. The van der Waals surface area contributed by atoms with Gasteiger partial charge in [0.15, 0.2) is 0 Å². The second kappa shape index (κ2) is 10.4. The summed E-state index contributed by atoms with van der Waals surface area (Å²) in [5.41, 5.74) is -0.615. The van der Waals surface area contributed by atoms with Gasteiger partial charge in [0.2, 0.25) is 5.95 Å². The number of fused-ring (bicyclic) bond motifs is 1. The van der Waals surface area contributed by atoms with Crippen LogP contribution in [-0.4, -0.2) is 63.2 Å². The number of carboxylic acid groups (broad SMARTS) is 1. The molecule has 218 valence electrons. The maximum atomic E-state index is 13.5. The molecule has 0 spiro atoms. The smallest absolute Gasteiger partial charge is 0.416 e. The highest BCUT2D eigenvalue weighted by molar-refractivity contribution is 5.98. The number of imidazole rings is 1. The van der Waals surface area contributed by atoms with Crippen molar-refractivity contribution in [3.63, 3.8) is 0 Å². The standard InChI is InChI=1S/C29H30F4N4O4/c30-19-6-1-16(2-7-19)21-10-12-37(14-22(21)25(38)39)20-9-11-28(41-15-20,17-3-4-17)26(40)36-27-34-23-8-5-18(29(31,32)33)13-24(23)35-27/h1-2,5-8,13,17,20-22H,3-4,9-12,14-15H2,(H,38,39)(H2,34,35,36,40)/t20-,21+,22-,28+/m1/s1.